The average molecular weight is 445 g/mol. The van der Waals surface area contributed by atoms with Crippen molar-refractivity contribution < 1.29 is 37.9 Å². The highest BCUT2D eigenvalue weighted by Gasteiger charge is 2.38. The maximum absolute atomic E-state index is 12.3. The fourth-order valence-electron chi connectivity index (χ4n) is 3.10. The van der Waals surface area contributed by atoms with Crippen molar-refractivity contribution >= 4 is 25.5 Å². The van der Waals surface area contributed by atoms with E-state index in [1.165, 1.54) is 13.2 Å². The Kier molecular flexibility index (Phi) is 8.88. The lowest BCUT2D eigenvalue weighted by Gasteiger charge is -2.23. The predicted molar refractivity (Wildman–Crippen MR) is 105 cm³/mol. The zero-order chi connectivity index (χ0) is 22.1. The Morgan fingerprint density at radius 1 is 1.20 bits per heavy atom. The normalized spacial score (nSPS) is 16.9. The van der Waals surface area contributed by atoms with Gasteiger partial charge in [0, 0.05) is 0 Å². The van der Waals surface area contributed by atoms with Crippen molar-refractivity contribution in [3.8, 4) is 0 Å². The van der Waals surface area contributed by atoms with E-state index in [1.807, 2.05) is 5.32 Å². The molecule has 1 aromatic heterocycles. The number of nitrogens with one attached hydrogen (secondary N) is 3. The van der Waals surface area contributed by atoms with Crippen molar-refractivity contribution in [1.82, 2.24) is 16.0 Å². The van der Waals surface area contributed by atoms with Gasteiger partial charge in [0.25, 0.3) is 5.91 Å². The van der Waals surface area contributed by atoms with Gasteiger partial charge in [0.1, 0.15) is 11.8 Å². The predicted octanol–water partition coefficient (Wildman–Crippen LogP) is 1.21. The third kappa shape index (κ3) is 7.81. The Bertz CT molecular complexity index is 757. The molecule has 0 aliphatic heterocycles. The van der Waals surface area contributed by atoms with Crippen molar-refractivity contribution in [3.63, 3.8) is 0 Å². The fourth-order valence-corrected chi connectivity index (χ4v) is 3.75. The summed E-state index contributed by atoms with van der Waals surface area (Å²) in [5.41, 5.74) is 0. The lowest BCUT2D eigenvalue weighted by atomic mass is 9.90. The van der Waals surface area contributed by atoms with Crippen LogP contribution in [0.2, 0.25) is 0 Å². The number of carbonyl (C=O) groups excluding carboxylic acids is 3. The molecule has 1 saturated carbocycles. The molecule has 5 N–H and O–H groups in total. The second-order valence-corrected chi connectivity index (χ2v) is 8.96. The van der Waals surface area contributed by atoms with E-state index in [4.69, 9.17) is 9.15 Å². The summed E-state index contributed by atoms with van der Waals surface area (Å²) in [5.74, 6) is -3.26. The van der Waals surface area contributed by atoms with Crippen LogP contribution >= 0.6 is 7.60 Å². The van der Waals surface area contributed by atoms with Gasteiger partial charge in [-0.2, -0.15) is 0 Å². The van der Waals surface area contributed by atoms with Gasteiger partial charge in [-0.3, -0.25) is 19.5 Å². The molecule has 1 aliphatic carbocycles. The molecule has 2 unspecified atom stereocenters. The molecule has 1 heterocycles. The van der Waals surface area contributed by atoms with Gasteiger partial charge in [0.2, 0.25) is 11.7 Å². The Labute approximate surface area is 174 Å². The van der Waals surface area contributed by atoms with Crippen LogP contribution in [0.25, 0.3) is 0 Å². The van der Waals surface area contributed by atoms with Crippen molar-refractivity contribution in [2.75, 3.05) is 6.61 Å². The highest BCUT2D eigenvalue weighted by Crippen LogP contribution is 2.39. The van der Waals surface area contributed by atoms with Crippen molar-refractivity contribution in [1.29, 1.82) is 0 Å². The summed E-state index contributed by atoms with van der Waals surface area (Å²) >= 11 is 0. The molecule has 11 nitrogen and oxygen atoms in total. The van der Waals surface area contributed by atoms with Gasteiger partial charge in [0.05, 0.1) is 19.4 Å². The van der Waals surface area contributed by atoms with Gasteiger partial charge in [-0.05, 0) is 37.8 Å². The highest BCUT2D eigenvalue weighted by molar-refractivity contribution is 7.53. The number of hydrogen-bond acceptors (Lipinski definition) is 6. The molecule has 1 aliphatic rings. The summed E-state index contributed by atoms with van der Waals surface area (Å²) < 4.78 is 21.8. The van der Waals surface area contributed by atoms with E-state index >= 15 is 0 Å². The smallest absolute Gasteiger partial charge is 0.408 e. The molecule has 1 fully saturated rings. The number of alkyl carbamates (subject to hydrolysis) is 1. The number of amides is 3. The SMILES string of the molecule is CC(NC(=O)C(NC(=O)OCC1CCCCC1)P(=O)(O)O)C(=O)NCc1ccco1. The topological polar surface area (TPSA) is 167 Å². The molecule has 2 atom stereocenters. The molecule has 0 saturated heterocycles. The molecule has 30 heavy (non-hydrogen) atoms. The summed E-state index contributed by atoms with van der Waals surface area (Å²) in [5, 5.41) is 6.61. The van der Waals surface area contributed by atoms with Crippen LogP contribution < -0.4 is 16.0 Å². The largest absolute Gasteiger partial charge is 0.467 e. The molecule has 0 spiro atoms. The first-order valence-corrected chi connectivity index (χ1v) is 11.4. The summed E-state index contributed by atoms with van der Waals surface area (Å²) in [7, 11) is -5.05. The molecular formula is C18H28N3O8P. The Hall–Kier alpha value is -2.36. The summed E-state index contributed by atoms with van der Waals surface area (Å²) in [6.45, 7) is 1.54. The fraction of sp³-hybridized carbons (Fsp3) is 0.611. The third-order valence-corrected chi connectivity index (χ3v) is 5.82. The van der Waals surface area contributed by atoms with E-state index in [-0.39, 0.29) is 19.1 Å². The summed E-state index contributed by atoms with van der Waals surface area (Å²) in [4.78, 5) is 55.3. The van der Waals surface area contributed by atoms with Gasteiger partial charge in [-0.1, -0.05) is 19.3 Å². The zero-order valence-corrected chi connectivity index (χ0v) is 17.6. The van der Waals surface area contributed by atoms with E-state index < -0.39 is 37.3 Å². The maximum atomic E-state index is 12.3. The number of rotatable bonds is 9. The number of hydrogen-bond donors (Lipinski definition) is 5. The van der Waals surface area contributed by atoms with E-state index in [9.17, 15) is 28.7 Å². The van der Waals surface area contributed by atoms with Crippen molar-refractivity contribution in [2.24, 2.45) is 5.92 Å². The first-order chi connectivity index (χ1) is 14.2. The minimum absolute atomic E-state index is 0.0830. The number of ether oxygens (including phenoxy) is 1. The van der Waals surface area contributed by atoms with Gasteiger partial charge in [-0.15, -0.1) is 0 Å². The maximum Gasteiger partial charge on any atom is 0.408 e. The van der Waals surface area contributed by atoms with Crippen LogP contribution in [-0.4, -0.2) is 46.1 Å². The summed E-state index contributed by atoms with van der Waals surface area (Å²) in [6.07, 6.45) is 5.40. The van der Waals surface area contributed by atoms with Crippen LogP contribution in [0.5, 0.6) is 0 Å². The average Bonchev–Trinajstić information content (AvgIpc) is 3.22. The van der Waals surface area contributed by atoms with Crippen molar-refractivity contribution in [3.05, 3.63) is 24.2 Å². The van der Waals surface area contributed by atoms with Gasteiger partial charge < -0.3 is 29.6 Å². The number of furan rings is 1. The van der Waals surface area contributed by atoms with Gasteiger partial charge in [0.15, 0.2) is 0 Å². The Morgan fingerprint density at radius 3 is 2.50 bits per heavy atom. The second kappa shape index (κ2) is 11.1. The molecule has 1 aromatic rings. The lowest BCUT2D eigenvalue weighted by molar-refractivity contribution is -0.128. The molecule has 0 aromatic carbocycles. The van der Waals surface area contributed by atoms with E-state index in [2.05, 4.69) is 10.6 Å². The number of carbonyl (C=O) groups is 3. The second-order valence-electron chi connectivity index (χ2n) is 7.27. The minimum Gasteiger partial charge on any atom is -0.467 e. The van der Waals surface area contributed by atoms with Crippen LogP contribution in [0.4, 0.5) is 4.79 Å². The molecule has 0 bridgehead atoms. The van der Waals surface area contributed by atoms with Crippen LogP contribution in [-0.2, 0) is 25.4 Å². The molecule has 2 rings (SSSR count). The first kappa shape index (κ1) is 23.9. The molecule has 3 amide bonds. The standard InChI is InChI=1S/C18H28N3O8P/c1-12(15(22)19-10-14-8-5-9-28-14)20-16(23)17(30(25,26)27)21-18(24)29-11-13-6-3-2-4-7-13/h5,8-9,12-13,17H,2-4,6-7,10-11H2,1H3,(H,19,22)(H,20,23)(H,21,24)(H2,25,26,27). The van der Waals surface area contributed by atoms with Crippen LogP contribution in [0.3, 0.4) is 0 Å². The van der Waals surface area contributed by atoms with Crippen LogP contribution in [0.15, 0.2) is 22.8 Å². The first-order valence-electron chi connectivity index (χ1n) is 9.76. The van der Waals surface area contributed by atoms with Gasteiger partial charge >= 0.3 is 13.7 Å². The summed E-state index contributed by atoms with van der Waals surface area (Å²) in [6, 6.07) is 2.19. The highest BCUT2D eigenvalue weighted by atomic mass is 31.2. The Balaban J connectivity index is 1.85. The van der Waals surface area contributed by atoms with Gasteiger partial charge in [-0.25, -0.2) is 4.79 Å². The minimum atomic E-state index is -5.05. The zero-order valence-electron chi connectivity index (χ0n) is 16.7. The van der Waals surface area contributed by atoms with E-state index in [0.717, 1.165) is 32.1 Å². The molecular weight excluding hydrogens is 417 g/mol. The molecule has 0 radical (unpaired) electrons. The van der Waals surface area contributed by atoms with Crippen LogP contribution in [0.1, 0.15) is 44.8 Å². The molecule has 12 heteroatoms. The van der Waals surface area contributed by atoms with E-state index in [0.29, 0.717) is 5.76 Å². The Morgan fingerprint density at radius 2 is 1.90 bits per heavy atom. The van der Waals surface area contributed by atoms with Crippen LogP contribution in [0, 0.1) is 5.92 Å². The van der Waals surface area contributed by atoms with E-state index in [1.54, 1.807) is 12.1 Å². The molecule has 168 valence electrons. The monoisotopic (exact) mass is 445 g/mol. The quantitative estimate of drug-likeness (QED) is 0.354. The van der Waals surface area contributed by atoms with Crippen molar-refractivity contribution in [2.45, 2.75) is 57.4 Å². The lowest BCUT2D eigenvalue weighted by Crippen LogP contribution is -2.52. The third-order valence-electron chi connectivity index (χ3n) is 4.78.